The third kappa shape index (κ3) is 3.26. The number of aliphatic carboxylic acids is 1. The Morgan fingerprint density at radius 1 is 1.29 bits per heavy atom. The second-order valence-electron chi connectivity index (χ2n) is 4.72. The molecule has 0 amide bonds. The minimum Gasteiger partial charge on any atom is -0.481 e. The lowest BCUT2D eigenvalue weighted by atomic mass is 9.75. The minimum atomic E-state index is -0.903. The van der Waals surface area contributed by atoms with Crippen molar-refractivity contribution in [1.29, 1.82) is 0 Å². The molecule has 1 N–H and O–H groups in total. The van der Waals surface area contributed by atoms with Crippen LogP contribution in [0.5, 0.6) is 0 Å². The number of aromatic nitrogens is 2. The van der Waals surface area contributed by atoms with Crippen LogP contribution in [-0.4, -0.2) is 27.0 Å². The van der Waals surface area contributed by atoms with E-state index in [2.05, 4.69) is 36.1 Å². The normalized spacial score (nSPS) is 11.5. The highest BCUT2D eigenvalue weighted by Crippen LogP contribution is 2.37. The van der Waals surface area contributed by atoms with E-state index in [1.807, 2.05) is 18.2 Å². The fraction of sp³-hybridized carbons (Fsp3) is 0.400. The first kappa shape index (κ1) is 15.6. The summed E-state index contributed by atoms with van der Waals surface area (Å²) < 4.78 is 5.18. The zero-order valence-electron chi connectivity index (χ0n) is 12.1. The highest BCUT2D eigenvalue weighted by atomic mass is 32.2. The smallest absolute Gasteiger partial charge is 0.314 e. The molecule has 0 radical (unpaired) electrons. The molecule has 1 aromatic carbocycles. The number of rotatable bonds is 7. The van der Waals surface area contributed by atoms with Crippen molar-refractivity contribution in [2.45, 2.75) is 37.3 Å². The van der Waals surface area contributed by atoms with E-state index in [1.165, 1.54) is 0 Å². The topological polar surface area (TPSA) is 76.2 Å². The van der Waals surface area contributed by atoms with Crippen LogP contribution in [0.3, 0.4) is 0 Å². The summed E-state index contributed by atoms with van der Waals surface area (Å²) in [6.07, 6.45) is 1.69. The molecule has 0 saturated heterocycles. The maximum Gasteiger partial charge on any atom is 0.314 e. The van der Waals surface area contributed by atoms with Crippen LogP contribution < -0.4 is 0 Å². The fourth-order valence-electron chi connectivity index (χ4n) is 2.45. The van der Waals surface area contributed by atoms with E-state index in [4.69, 9.17) is 9.63 Å². The predicted molar refractivity (Wildman–Crippen MR) is 80.5 cm³/mol. The third-order valence-corrected chi connectivity index (χ3v) is 4.49. The summed E-state index contributed by atoms with van der Waals surface area (Å²) in [6, 6.07) is 10.1. The van der Waals surface area contributed by atoms with Gasteiger partial charge in [-0.2, -0.15) is 4.98 Å². The molecule has 6 heteroatoms. The molecule has 2 rings (SSSR count). The highest BCUT2D eigenvalue weighted by Gasteiger charge is 2.35. The molecule has 112 valence electrons. The largest absolute Gasteiger partial charge is 0.481 e. The van der Waals surface area contributed by atoms with Gasteiger partial charge >= 0.3 is 5.97 Å². The van der Waals surface area contributed by atoms with Gasteiger partial charge in [-0.3, -0.25) is 4.79 Å². The molecule has 0 unspecified atom stereocenters. The zero-order chi connectivity index (χ0) is 15.3. The van der Waals surface area contributed by atoms with Gasteiger partial charge in [-0.25, -0.2) is 0 Å². The summed E-state index contributed by atoms with van der Waals surface area (Å²) in [5.74, 6) is -0.371. The van der Waals surface area contributed by atoms with E-state index in [-0.39, 0.29) is 11.2 Å². The summed E-state index contributed by atoms with van der Waals surface area (Å²) in [5, 5.41) is 13.1. The SMILES string of the molecule is CCC(CC)(c1ccccc1)c1noc(SCC(=O)O)n1. The van der Waals surface area contributed by atoms with Gasteiger partial charge in [-0.15, -0.1) is 0 Å². The molecule has 0 aliphatic heterocycles. The van der Waals surface area contributed by atoms with Crippen LogP contribution in [0.1, 0.15) is 38.1 Å². The first-order valence-corrected chi connectivity index (χ1v) is 7.85. The lowest BCUT2D eigenvalue weighted by molar-refractivity contribution is -0.133. The van der Waals surface area contributed by atoms with E-state index >= 15 is 0 Å². The minimum absolute atomic E-state index is 0.0851. The van der Waals surface area contributed by atoms with E-state index < -0.39 is 5.97 Å². The standard InChI is InChI=1S/C15H18N2O3S/c1-3-15(4-2,11-8-6-5-7-9-11)13-16-14(20-17-13)21-10-12(18)19/h5-9H,3-4,10H2,1-2H3,(H,18,19). The van der Waals surface area contributed by atoms with Crippen LogP contribution >= 0.6 is 11.8 Å². The van der Waals surface area contributed by atoms with Crippen molar-refractivity contribution in [1.82, 2.24) is 10.1 Å². The molecule has 0 fully saturated rings. The van der Waals surface area contributed by atoms with Gasteiger partial charge in [-0.05, 0) is 18.4 Å². The van der Waals surface area contributed by atoms with Crippen molar-refractivity contribution in [3.63, 3.8) is 0 Å². The Morgan fingerprint density at radius 3 is 2.52 bits per heavy atom. The first-order chi connectivity index (χ1) is 10.1. The molecule has 0 aliphatic carbocycles. The maximum absolute atomic E-state index is 10.6. The van der Waals surface area contributed by atoms with E-state index in [9.17, 15) is 4.79 Å². The Labute approximate surface area is 127 Å². The number of carboxylic acid groups (broad SMARTS) is 1. The van der Waals surface area contributed by atoms with Gasteiger partial charge in [0.25, 0.3) is 5.22 Å². The number of carbonyl (C=O) groups is 1. The summed E-state index contributed by atoms with van der Waals surface area (Å²) in [6.45, 7) is 4.19. The van der Waals surface area contributed by atoms with Crippen molar-refractivity contribution in [2.75, 3.05) is 5.75 Å². The van der Waals surface area contributed by atoms with Crippen molar-refractivity contribution in [3.05, 3.63) is 41.7 Å². The molecule has 2 aromatic rings. The molecule has 0 saturated carbocycles. The number of hydrogen-bond acceptors (Lipinski definition) is 5. The average molecular weight is 306 g/mol. The molecule has 0 atom stereocenters. The van der Waals surface area contributed by atoms with Crippen molar-refractivity contribution >= 4 is 17.7 Å². The van der Waals surface area contributed by atoms with Crippen LogP contribution in [0.4, 0.5) is 0 Å². The molecular formula is C15H18N2O3S. The summed E-state index contributed by atoms with van der Waals surface area (Å²) in [5.41, 5.74) is 0.845. The lowest BCUT2D eigenvalue weighted by Crippen LogP contribution is -2.27. The number of carboxylic acids is 1. The summed E-state index contributed by atoms with van der Waals surface area (Å²) in [4.78, 5) is 15.0. The Bertz CT molecular complexity index is 594. The predicted octanol–water partition coefficient (Wildman–Crippen LogP) is 3.35. The van der Waals surface area contributed by atoms with E-state index in [0.29, 0.717) is 11.0 Å². The molecule has 21 heavy (non-hydrogen) atoms. The zero-order valence-corrected chi connectivity index (χ0v) is 12.9. The van der Waals surface area contributed by atoms with E-state index in [1.54, 1.807) is 0 Å². The summed E-state index contributed by atoms with van der Waals surface area (Å²) >= 11 is 1.04. The number of hydrogen-bond donors (Lipinski definition) is 1. The molecule has 1 aromatic heterocycles. The summed E-state index contributed by atoms with van der Waals surface area (Å²) in [7, 11) is 0. The van der Waals surface area contributed by atoms with Gasteiger partial charge in [0.05, 0.1) is 5.41 Å². The molecule has 0 bridgehead atoms. The van der Waals surface area contributed by atoms with Crippen LogP contribution in [0.15, 0.2) is 40.1 Å². The fourth-order valence-corrected chi connectivity index (χ4v) is 2.93. The van der Waals surface area contributed by atoms with Crippen LogP contribution in [0.25, 0.3) is 0 Å². The molecular weight excluding hydrogens is 288 g/mol. The average Bonchev–Trinajstić information content (AvgIpc) is 2.98. The van der Waals surface area contributed by atoms with Gasteiger partial charge in [0.15, 0.2) is 5.82 Å². The van der Waals surface area contributed by atoms with Gasteiger partial charge in [0.1, 0.15) is 5.75 Å². The third-order valence-electron chi connectivity index (χ3n) is 3.69. The van der Waals surface area contributed by atoms with Gasteiger partial charge < -0.3 is 9.63 Å². The van der Waals surface area contributed by atoms with Crippen molar-refractivity contribution in [2.24, 2.45) is 0 Å². The molecule has 0 aliphatic rings. The molecule has 0 spiro atoms. The Kier molecular flexibility index (Phi) is 5.01. The Morgan fingerprint density at radius 2 is 1.95 bits per heavy atom. The quantitative estimate of drug-likeness (QED) is 0.790. The second-order valence-corrected chi connectivity index (χ2v) is 5.65. The monoisotopic (exact) mass is 306 g/mol. The number of benzene rings is 1. The van der Waals surface area contributed by atoms with Crippen LogP contribution in [0, 0.1) is 0 Å². The van der Waals surface area contributed by atoms with Gasteiger partial charge in [0, 0.05) is 0 Å². The van der Waals surface area contributed by atoms with E-state index in [0.717, 1.165) is 30.2 Å². The number of thioether (sulfide) groups is 1. The molecule has 5 nitrogen and oxygen atoms in total. The number of nitrogens with zero attached hydrogens (tertiary/aromatic N) is 2. The van der Waals surface area contributed by atoms with Crippen LogP contribution in [0.2, 0.25) is 0 Å². The molecule has 1 heterocycles. The lowest BCUT2D eigenvalue weighted by Gasteiger charge is -2.28. The van der Waals surface area contributed by atoms with Crippen molar-refractivity contribution < 1.29 is 14.4 Å². The highest BCUT2D eigenvalue weighted by molar-refractivity contribution is 7.99. The second kappa shape index (κ2) is 6.76. The van der Waals surface area contributed by atoms with Gasteiger partial charge in [-0.1, -0.05) is 61.1 Å². The van der Waals surface area contributed by atoms with Crippen LogP contribution in [-0.2, 0) is 10.2 Å². The Hall–Kier alpha value is -1.82. The first-order valence-electron chi connectivity index (χ1n) is 6.86. The van der Waals surface area contributed by atoms with Crippen molar-refractivity contribution in [3.8, 4) is 0 Å². The van der Waals surface area contributed by atoms with Gasteiger partial charge in [0.2, 0.25) is 0 Å². The Balaban J connectivity index is 2.33. The maximum atomic E-state index is 10.6.